The molecule has 2 N–H and O–H groups in total. The Labute approximate surface area is 82.7 Å². The summed E-state index contributed by atoms with van der Waals surface area (Å²) in [5, 5.41) is 2.12. The van der Waals surface area contributed by atoms with Crippen LogP contribution in [0.1, 0.15) is 17.2 Å². The van der Waals surface area contributed by atoms with Gasteiger partial charge in [-0.2, -0.15) is 0 Å². The largest absolute Gasteiger partial charge is 0.381 e. The highest BCUT2D eigenvalue weighted by atomic mass is 32.1. The van der Waals surface area contributed by atoms with E-state index in [2.05, 4.69) is 17.5 Å². The summed E-state index contributed by atoms with van der Waals surface area (Å²) >= 11 is 1.81. The van der Waals surface area contributed by atoms with E-state index >= 15 is 0 Å². The molecule has 1 fully saturated rings. The number of thiophene rings is 1. The summed E-state index contributed by atoms with van der Waals surface area (Å²) in [5.74, 6) is 1.30. The third-order valence-corrected chi connectivity index (χ3v) is 3.59. The summed E-state index contributed by atoms with van der Waals surface area (Å²) in [4.78, 5) is 1.43. The highest BCUT2D eigenvalue weighted by molar-refractivity contribution is 7.10. The first-order valence-corrected chi connectivity index (χ1v) is 5.59. The second-order valence-corrected chi connectivity index (χ2v) is 4.57. The number of rotatable bonds is 4. The standard InChI is InChI=1S/C10H15NOS/c11-5-9(4-8-6-12-7-8)10-2-1-3-13-10/h1-3,8-9H,4-7,11H2. The van der Waals surface area contributed by atoms with Crippen molar-refractivity contribution in [3.8, 4) is 0 Å². The van der Waals surface area contributed by atoms with E-state index in [-0.39, 0.29) is 0 Å². The predicted molar refractivity (Wildman–Crippen MR) is 55.0 cm³/mol. The maximum Gasteiger partial charge on any atom is 0.0516 e. The van der Waals surface area contributed by atoms with E-state index in [4.69, 9.17) is 10.5 Å². The highest BCUT2D eigenvalue weighted by Crippen LogP contribution is 2.29. The molecule has 0 aliphatic carbocycles. The van der Waals surface area contributed by atoms with Crippen LogP contribution in [0.25, 0.3) is 0 Å². The van der Waals surface area contributed by atoms with Crippen LogP contribution >= 0.6 is 11.3 Å². The summed E-state index contributed by atoms with van der Waals surface area (Å²) in [5.41, 5.74) is 5.76. The van der Waals surface area contributed by atoms with Crippen molar-refractivity contribution in [3.05, 3.63) is 22.4 Å². The SMILES string of the molecule is NCC(CC1COC1)c1cccs1. The maximum atomic E-state index is 5.76. The Morgan fingerprint density at radius 1 is 1.62 bits per heavy atom. The van der Waals surface area contributed by atoms with Crippen LogP contribution in [0.15, 0.2) is 17.5 Å². The fraction of sp³-hybridized carbons (Fsp3) is 0.600. The minimum atomic E-state index is 0.550. The summed E-state index contributed by atoms with van der Waals surface area (Å²) in [6, 6.07) is 4.28. The minimum Gasteiger partial charge on any atom is -0.381 e. The van der Waals surface area contributed by atoms with Crippen molar-refractivity contribution in [3.63, 3.8) is 0 Å². The van der Waals surface area contributed by atoms with E-state index in [1.807, 2.05) is 11.3 Å². The van der Waals surface area contributed by atoms with Gasteiger partial charge in [-0.1, -0.05) is 6.07 Å². The van der Waals surface area contributed by atoms with Gasteiger partial charge in [-0.05, 0) is 24.4 Å². The summed E-state index contributed by atoms with van der Waals surface area (Å²) in [6.07, 6.45) is 1.19. The second kappa shape index (κ2) is 4.22. The fourth-order valence-corrected chi connectivity index (χ4v) is 2.53. The van der Waals surface area contributed by atoms with E-state index in [0.717, 1.165) is 25.7 Å². The molecule has 0 saturated carbocycles. The molecule has 0 bridgehead atoms. The number of hydrogen-bond donors (Lipinski definition) is 1. The van der Waals surface area contributed by atoms with Gasteiger partial charge in [-0.25, -0.2) is 0 Å². The molecule has 1 unspecified atom stereocenters. The van der Waals surface area contributed by atoms with Gasteiger partial charge in [0.05, 0.1) is 13.2 Å². The van der Waals surface area contributed by atoms with Gasteiger partial charge in [0.15, 0.2) is 0 Å². The van der Waals surface area contributed by atoms with Crippen molar-refractivity contribution in [1.29, 1.82) is 0 Å². The first-order valence-electron chi connectivity index (χ1n) is 4.71. The number of ether oxygens (including phenoxy) is 1. The Hall–Kier alpha value is -0.380. The molecule has 0 spiro atoms. The molecule has 2 nitrogen and oxygen atoms in total. The van der Waals surface area contributed by atoms with Gasteiger partial charge in [-0.3, -0.25) is 0 Å². The van der Waals surface area contributed by atoms with Crippen LogP contribution in [0.4, 0.5) is 0 Å². The summed E-state index contributed by atoms with van der Waals surface area (Å²) in [7, 11) is 0. The lowest BCUT2D eigenvalue weighted by atomic mass is 9.92. The molecular weight excluding hydrogens is 182 g/mol. The highest BCUT2D eigenvalue weighted by Gasteiger charge is 2.23. The van der Waals surface area contributed by atoms with E-state index in [0.29, 0.717) is 5.92 Å². The molecule has 2 rings (SSSR count). The molecule has 72 valence electrons. The summed E-state index contributed by atoms with van der Waals surface area (Å²) < 4.78 is 5.16. The van der Waals surface area contributed by atoms with Gasteiger partial charge in [0.1, 0.15) is 0 Å². The summed E-state index contributed by atoms with van der Waals surface area (Å²) in [6.45, 7) is 2.63. The molecule has 2 heterocycles. The van der Waals surface area contributed by atoms with Gasteiger partial charge in [0, 0.05) is 16.7 Å². The second-order valence-electron chi connectivity index (χ2n) is 3.59. The molecule has 0 amide bonds. The van der Waals surface area contributed by atoms with E-state index in [1.165, 1.54) is 11.3 Å². The third-order valence-electron chi connectivity index (χ3n) is 2.56. The Balaban J connectivity index is 1.92. The first kappa shape index (κ1) is 9.19. The monoisotopic (exact) mass is 197 g/mol. The molecule has 13 heavy (non-hydrogen) atoms. The Morgan fingerprint density at radius 2 is 2.46 bits per heavy atom. The zero-order chi connectivity index (χ0) is 9.10. The number of hydrogen-bond acceptors (Lipinski definition) is 3. The van der Waals surface area contributed by atoms with Crippen LogP contribution in [-0.2, 0) is 4.74 Å². The maximum absolute atomic E-state index is 5.76. The topological polar surface area (TPSA) is 35.2 Å². The smallest absolute Gasteiger partial charge is 0.0516 e. The molecule has 0 aromatic carbocycles. The molecule has 1 atom stereocenters. The van der Waals surface area contributed by atoms with Crippen LogP contribution in [-0.4, -0.2) is 19.8 Å². The van der Waals surface area contributed by atoms with Crippen molar-refractivity contribution in [2.75, 3.05) is 19.8 Å². The molecule has 1 aromatic heterocycles. The number of nitrogens with two attached hydrogens (primary N) is 1. The van der Waals surface area contributed by atoms with Gasteiger partial charge >= 0.3 is 0 Å². The quantitative estimate of drug-likeness (QED) is 0.799. The zero-order valence-corrected chi connectivity index (χ0v) is 8.43. The molecular formula is C10H15NOS. The van der Waals surface area contributed by atoms with Crippen LogP contribution in [0.3, 0.4) is 0 Å². The van der Waals surface area contributed by atoms with Crippen LogP contribution < -0.4 is 5.73 Å². The normalized spacial score (nSPS) is 19.8. The lowest BCUT2D eigenvalue weighted by Crippen LogP contribution is -2.30. The van der Waals surface area contributed by atoms with Crippen LogP contribution in [0.2, 0.25) is 0 Å². The van der Waals surface area contributed by atoms with E-state index < -0.39 is 0 Å². The van der Waals surface area contributed by atoms with Crippen molar-refractivity contribution < 1.29 is 4.74 Å². The molecule has 1 saturated heterocycles. The van der Waals surface area contributed by atoms with Gasteiger partial charge in [0.25, 0.3) is 0 Å². The van der Waals surface area contributed by atoms with Crippen molar-refractivity contribution in [1.82, 2.24) is 0 Å². The molecule has 3 heteroatoms. The molecule has 1 aliphatic heterocycles. The predicted octanol–water partition coefficient (Wildman–Crippen LogP) is 1.83. The fourth-order valence-electron chi connectivity index (χ4n) is 1.68. The Kier molecular flexibility index (Phi) is 2.98. The molecule has 1 aromatic rings. The first-order chi connectivity index (χ1) is 6.40. The average Bonchev–Trinajstić information content (AvgIpc) is 2.55. The van der Waals surface area contributed by atoms with Gasteiger partial charge < -0.3 is 10.5 Å². The van der Waals surface area contributed by atoms with Crippen LogP contribution in [0, 0.1) is 5.92 Å². The average molecular weight is 197 g/mol. The Bertz CT molecular complexity index is 243. The van der Waals surface area contributed by atoms with Crippen molar-refractivity contribution in [2.24, 2.45) is 11.7 Å². The van der Waals surface area contributed by atoms with Gasteiger partial charge in [-0.15, -0.1) is 11.3 Å². The lowest BCUT2D eigenvalue weighted by molar-refractivity contribution is -0.0380. The zero-order valence-electron chi connectivity index (χ0n) is 7.61. The van der Waals surface area contributed by atoms with Crippen molar-refractivity contribution in [2.45, 2.75) is 12.3 Å². The molecule has 1 aliphatic rings. The van der Waals surface area contributed by atoms with Gasteiger partial charge in [0.2, 0.25) is 0 Å². The third kappa shape index (κ3) is 2.10. The van der Waals surface area contributed by atoms with E-state index in [9.17, 15) is 0 Å². The lowest BCUT2D eigenvalue weighted by Gasteiger charge is -2.29. The van der Waals surface area contributed by atoms with Crippen LogP contribution in [0.5, 0.6) is 0 Å². The minimum absolute atomic E-state index is 0.550. The molecule has 0 radical (unpaired) electrons. The van der Waals surface area contributed by atoms with Crippen molar-refractivity contribution >= 4 is 11.3 Å². The Morgan fingerprint density at radius 3 is 2.92 bits per heavy atom. The van der Waals surface area contributed by atoms with E-state index in [1.54, 1.807) is 0 Å².